The summed E-state index contributed by atoms with van der Waals surface area (Å²) in [4.78, 5) is 22.1. The average Bonchev–Trinajstić information content (AvgIpc) is 2.43. The van der Waals surface area contributed by atoms with E-state index in [0.717, 1.165) is 5.56 Å². The van der Waals surface area contributed by atoms with Crippen molar-refractivity contribution < 1.29 is 9.72 Å². The highest BCUT2D eigenvalue weighted by Gasteiger charge is 2.12. The fourth-order valence-corrected chi connectivity index (χ4v) is 1.90. The molecule has 0 radical (unpaired) electrons. The Hall–Kier alpha value is -2.60. The number of nitrogen functional groups attached to an aromatic ring is 1. The van der Waals surface area contributed by atoms with Crippen LogP contribution in [0.1, 0.15) is 5.56 Å². The summed E-state index contributed by atoms with van der Waals surface area (Å²) in [5.41, 5.74) is 7.03. The fraction of sp³-hybridized carbons (Fsp3) is 0.0714. The van der Waals surface area contributed by atoms with E-state index in [1.807, 2.05) is 0 Å². The molecule has 0 atom stereocenters. The second kappa shape index (κ2) is 6.23. The Morgan fingerprint density at radius 1 is 1.24 bits per heavy atom. The van der Waals surface area contributed by atoms with Gasteiger partial charge in [0.15, 0.2) is 0 Å². The maximum atomic E-state index is 11.9. The first-order chi connectivity index (χ1) is 9.95. The highest BCUT2D eigenvalue weighted by Crippen LogP contribution is 2.26. The summed E-state index contributed by atoms with van der Waals surface area (Å²) in [7, 11) is 0. The zero-order valence-electron chi connectivity index (χ0n) is 10.9. The number of halogens is 1. The van der Waals surface area contributed by atoms with Crippen LogP contribution in [0, 0.1) is 10.1 Å². The molecule has 2 rings (SSSR count). The lowest BCUT2D eigenvalue weighted by Gasteiger charge is -2.07. The Kier molecular flexibility index (Phi) is 4.39. The first-order valence-electron chi connectivity index (χ1n) is 6.04. The summed E-state index contributed by atoms with van der Waals surface area (Å²) in [6, 6.07) is 10.7. The predicted molar refractivity (Wildman–Crippen MR) is 81.3 cm³/mol. The van der Waals surface area contributed by atoms with Gasteiger partial charge in [-0.15, -0.1) is 0 Å². The van der Waals surface area contributed by atoms with Crippen molar-refractivity contribution in [2.24, 2.45) is 0 Å². The molecule has 0 saturated heterocycles. The molecule has 0 aliphatic rings. The van der Waals surface area contributed by atoms with Gasteiger partial charge in [-0.05, 0) is 23.8 Å². The molecular weight excluding hydrogens is 294 g/mol. The lowest BCUT2D eigenvalue weighted by Crippen LogP contribution is -2.14. The molecule has 21 heavy (non-hydrogen) atoms. The molecular formula is C14H12ClN3O3. The summed E-state index contributed by atoms with van der Waals surface area (Å²) in [5.74, 6) is -0.317. The van der Waals surface area contributed by atoms with Crippen molar-refractivity contribution in [2.75, 3.05) is 11.1 Å². The Bertz CT molecular complexity index is 686. The number of benzene rings is 2. The largest absolute Gasteiger partial charge is 0.399 e. The zero-order chi connectivity index (χ0) is 15.4. The fourth-order valence-electron chi connectivity index (χ4n) is 1.74. The van der Waals surface area contributed by atoms with E-state index in [1.165, 1.54) is 18.2 Å². The minimum atomic E-state index is -0.550. The van der Waals surface area contributed by atoms with E-state index in [0.29, 0.717) is 5.69 Å². The summed E-state index contributed by atoms with van der Waals surface area (Å²) in [5, 5.41) is 13.5. The number of non-ortho nitro benzene ring substituents is 1. The van der Waals surface area contributed by atoms with Gasteiger partial charge in [-0.2, -0.15) is 0 Å². The highest BCUT2D eigenvalue weighted by atomic mass is 35.5. The molecule has 0 fully saturated rings. The van der Waals surface area contributed by atoms with Crippen LogP contribution in [-0.4, -0.2) is 10.8 Å². The van der Waals surface area contributed by atoms with Crippen LogP contribution in [-0.2, 0) is 11.2 Å². The van der Waals surface area contributed by atoms with Gasteiger partial charge in [0.05, 0.1) is 22.1 Å². The molecule has 108 valence electrons. The van der Waals surface area contributed by atoms with Crippen molar-refractivity contribution in [3.05, 3.63) is 63.2 Å². The maximum Gasteiger partial charge on any atom is 0.271 e. The third-order valence-electron chi connectivity index (χ3n) is 2.78. The van der Waals surface area contributed by atoms with Crippen LogP contribution in [0.5, 0.6) is 0 Å². The molecule has 0 aromatic heterocycles. The molecule has 6 nitrogen and oxygen atoms in total. The molecule has 3 N–H and O–H groups in total. The third-order valence-corrected chi connectivity index (χ3v) is 3.11. The van der Waals surface area contributed by atoms with E-state index in [1.54, 1.807) is 24.3 Å². The lowest BCUT2D eigenvalue weighted by molar-refractivity contribution is -0.384. The van der Waals surface area contributed by atoms with Crippen LogP contribution in [0.4, 0.5) is 17.1 Å². The van der Waals surface area contributed by atoms with E-state index in [-0.39, 0.29) is 28.7 Å². The molecule has 1 amide bonds. The van der Waals surface area contributed by atoms with E-state index < -0.39 is 4.92 Å². The van der Waals surface area contributed by atoms with Crippen LogP contribution in [0.3, 0.4) is 0 Å². The molecule has 2 aromatic carbocycles. The van der Waals surface area contributed by atoms with Gasteiger partial charge >= 0.3 is 0 Å². The number of anilines is 2. The van der Waals surface area contributed by atoms with Crippen molar-refractivity contribution >= 4 is 34.6 Å². The van der Waals surface area contributed by atoms with Crippen molar-refractivity contribution in [3.8, 4) is 0 Å². The van der Waals surface area contributed by atoms with Gasteiger partial charge in [-0.1, -0.05) is 23.7 Å². The Balaban J connectivity index is 2.10. The Morgan fingerprint density at radius 3 is 2.52 bits per heavy atom. The molecule has 2 aromatic rings. The normalized spacial score (nSPS) is 10.1. The van der Waals surface area contributed by atoms with Crippen LogP contribution >= 0.6 is 11.6 Å². The van der Waals surface area contributed by atoms with Gasteiger partial charge in [-0.25, -0.2) is 0 Å². The van der Waals surface area contributed by atoms with Crippen molar-refractivity contribution in [3.63, 3.8) is 0 Å². The minimum Gasteiger partial charge on any atom is -0.399 e. The number of carbonyl (C=O) groups is 1. The van der Waals surface area contributed by atoms with Gasteiger partial charge in [0.1, 0.15) is 0 Å². The van der Waals surface area contributed by atoms with Gasteiger partial charge < -0.3 is 11.1 Å². The van der Waals surface area contributed by atoms with Gasteiger partial charge in [0.25, 0.3) is 5.69 Å². The van der Waals surface area contributed by atoms with Crippen LogP contribution in [0.2, 0.25) is 5.02 Å². The number of rotatable bonds is 4. The molecule has 0 spiro atoms. The topological polar surface area (TPSA) is 98.3 Å². The first kappa shape index (κ1) is 14.8. The third kappa shape index (κ3) is 3.93. The smallest absolute Gasteiger partial charge is 0.271 e. The van der Waals surface area contributed by atoms with Gasteiger partial charge in [0, 0.05) is 17.8 Å². The number of nitro groups is 1. The number of nitro benzene ring substituents is 1. The number of hydrogen-bond donors (Lipinski definition) is 2. The van der Waals surface area contributed by atoms with Crippen molar-refractivity contribution in [1.82, 2.24) is 0 Å². The van der Waals surface area contributed by atoms with E-state index in [4.69, 9.17) is 17.3 Å². The number of nitrogens with zero attached hydrogens (tertiary/aromatic N) is 1. The maximum absolute atomic E-state index is 11.9. The zero-order valence-corrected chi connectivity index (χ0v) is 11.6. The Labute approximate surface area is 125 Å². The number of hydrogen-bond acceptors (Lipinski definition) is 4. The van der Waals surface area contributed by atoms with Crippen molar-refractivity contribution in [1.29, 1.82) is 0 Å². The molecule has 0 aliphatic carbocycles. The molecule has 0 unspecified atom stereocenters. The van der Waals surface area contributed by atoms with Crippen LogP contribution < -0.4 is 11.1 Å². The molecule has 0 bridgehead atoms. The van der Waals surface area contributed by atoms with E-state index >= 15 is 0 Å². The average molecular weight is 306 g/mol. The Morgan fingerprint density at radius 2 is 1.90 bits per heavy atom. The lowest BCUT2D eigenvalue weighted by atomic mass is 10.1. The molecule has 0 aliphatic heterocycles. The number of nitrogens with one attached hydrogen (secondary N) is 1. The molecule has 0 saturated carbocycles. The summed E-state index contributed by atoms with van der Waals surface area (Å²) in [6.45, 7) is 0. The van der Waals surface area contributed by atoms with Gasteiger partial charge in [0.2, 0.25) is 5.91 Å². The first-order valence-corrected chi connectivity index (χ1v) is 6.42. The van der Waals surface area contributed by atoms with Crippen LogP contribution in [0.15, 0.2) is 42.5 Å². The second-order valence-electron chi connectivity index (χ2n) is 4.39. The van der Waals surface area contributed by atoms with Crippen molar-refractivity contribution in [2.45, 2.75) is 6.42 Å². The van der Waals surface area contributed by atoms with Crippen LogP contribution in [0.25, 0.3) is 0 Å². The summed E-state index contributed by atoms with van der Waals surface area (Å²) in [6.07, 6.45) is 0.124. The number of carbonyl (C=O) groups excluding carboxylic acids is 1. The highest BCUT2D eigenvalue weighted by molar-refractivity contribution is 6.33. The summed E-state index contributed by atoms with van der Waals surface area (Å²) < 4.78 is 0. The van der Waals surface area contributed by atoms with E-state index in [9.17, 15) is 14.9 Å². The minimum absolute atomic E-state index is 0.124. The molecule has 7 heteroatoms. The summed E-state index contributed by atoms with van der Waals surface area (Å²) >= 11 is 5.91. The standard InChI is InChI=1S/C14H12ClN3O3/c15-12-6-5-11(18(20)21)8-13(12)17-14(19)7-9-1-3-10(16)4-2-9/h1-6,8H,7,16H2,(H,17,19). The number of amides is 1. The SMILES string of the molecule is Nc1ccc(CC(=O)Nc2cc([N+](=O)[O-])ccc2Cl)cc1. The predicted octanol–water partition coefficient (Wildman–Crippen LogP) is 3.01. The second-order valence-corrected chi connectivity index (χ2v) is 4.79. The molecule has 0 heterocycles. The number of nitrogens with two attached hydrogens (primary N) is 1. The quantitative estimate of drug-likeness (QED) is 0.515. The monoisotopic (exact) mass is 305 g/mol. The van der Waals surface area contributed by atoms with E-state index in [2.05, 4.69) is 5.32 Å². The van der Waals surface area contributed by atoms with Gasteiger partial charge in [-0.3, -0.25) is 14.9 Å².